The summed E-state index contributed by atoms with van der Waals surface area (Å²) in [4.78, 5) is 12.8. The minimum Gasteiger partial charge on any atom is -0.497 e. The Morgan fingerprint density at radius 2 is 1.60 bits per heavy atom. The lowest BCUT2D eigenvalue weighted by Gasteiger charge is -2.08. The molecule has 25 heavy (non-hydrogen) atoms. The van der Waals surface area contributed by atoms with Crippen molar-refractivity contribution in [3.63, 3.8) is 0 Å². The highest BCUT2D eigenvalue weighted by Gasteiger charge is 2.05. The van der Waals surface area contributed by atoms with E-state index in [1.165, 1.54) is 0 Å². The standard InChI is InChI=1S/C16H23N7O2/c1-5-17-14-20-15(18-6-2)22-16(21-14)23-19-10-11-7-8-12(24-3)9-13(11)25-4/h7-10H,5-6H2,1-4H3,(H3,17,18,20,21,22,23)/b19-10-. The predicted molar refractivity (Wildman–Crippen MR) is 98.9 cm³/mol. The molecule has 0 aliphatic rings. The summed E-state index contributed by atoms with van der Waals surface area (Å²) in [7, 11) is 3.20. The smallest absolute Gasteiger partial charge is 0.250 e. The van der Waals surface area contributed by atoms with Crippen LogP contribution in [-0.4, -0.2) is 48.5 Å². The van der Waals surface area contributed by atoms with Crippen LogP contribution in [0.3, 0.4) is 0 Å². The lowest BCUT2D eigenvalue weighted by Crippen LogP contribution is -2.10. The normalized spacial score (nSPS) is 10.6. The van der Waals surface area contributed by atoms with Gasteiger partial charge in [-0.2, -0.15) is 20.1 Å². The molecule has 0 aliphatic heterocycles. The number of anilines is 3. The Kier molecular flexibility index (Phi) is 6.76. The fourth-order valence-corrected chi connectivity index (χ4v) is 1.98. The third kappa shape index (κ3) is 5.20. The van der Waals surface area contributed by atoms with Crippen LogP contribution in [0.2, 0.25) is 0 Å². The molecule has 0 saturated carbocycles. The van der Waals surface area contributed by atoms with Crippen LogP contribution in [0, 0.1) is 0 Å². The number of nitrogens with one attached hydrogen (secondary N) is 3. The number of nitrogens with zero attached hydrogens (tertiary/aromatic N) is 4. The Balaban J connectivity index is 2.15. The topological polar surface area (TPSA) is 106 Å². The number of ether oxygens (including phenoxy) is 2. The fraction of sp³-hybridized carbons (Fsp3) is 0.375. The largest absolute Gasteiger partial charge is 0.497 e. The average Bonchev–Trinajstić information content (AvgIpc) is 2.62. The number of methoxy groups -OCH3 is 2. The van der Waals surface area contributed by atoms with Crippen molar-refractivity contribution in [2.45, 2.75) is 13.8 Å². The molecule has 2 aromatic rings. The molecule has 0 bridgehead atoms. The molecule has 1 aromatic heterocycles. The van der Waals surface area contributed by atoms with Crippen molar-refractivity contribution in [2.24, 2.45) is 5.10 Å². The quantitative estimate of drug-likeness (QED) is 0.469. The van der Waals surface area contributed by atoms with Gasteiger partial charge in [0, 0.05) is 24.7 Å². The minimum atomic E-state index is 0.339. The molecular formula is C16H23N7O2. The number of hydrogen-bond donors (Lipinski definition) is 3. The van der Waals surface area contributed by atoms with Crippen molar-refractivity contribution in [2.75, 3.05) is 43.4 Å². The first-order valence-corrected chi connectivity index (χ1v) is 7.95. The van der Waals surface area contributed by atoms with Crippen molar-refractivity contribution < 1.29 is 9.47 Å². The van der Waals surface area contributed by atoms with E-state index in [0.29, 0.717) is 42.4 Å². The highest BCUT2D eigenvalue weighted by molar-refractivity contribution is 5.84. The van der Waals surface area contributed by atoms with E-state index in [1.54, 1.807) is 26.5 Å². The number of hydrogen-bond acceptors (Lipinski definition) is 9. The van der Waals surface area contributed by atoms with Crippen molar-refractivity contribution in [1.29, 1.82) is 0 Å². The maximum atomic E-state index is 5.33. The number of aromatic nitrogens is 3. The summed E-state index contributed by atoms with van der Waals surface area (Å²) >= 11 is 0. The van der Waals surface area contributed by atoms with Crippen LogP contribution in [0.4, 0.5) is 17.8 Å². The molecule has 1 heterocycles. The second kappa shape index (κ2) is 9.26. The third-order valence-electron chi connectivity index (χ3n) is 3.11. The highest BCUT2D eigenvalue weighted by atomic mass is 16.5. The zero-order chi connectivity index (χ0) is 18.1. The van der Waals surface area contributed by atoms with Crippen LogP contribution in [0.15, 0.2) is 23.3 Å². The molecule has 3 N–H and O–H groups in total. The van der Waals surface area contributed by atoms with E-state index in [9.17, 15) is 0 Å². The van der Waals surface area contributed by atoms with E-state index in [0.717, 1.165) is 5.56 Å². The molecule has 0 saturated heterocycles. The van der Waals surface area contributed by atoms with Gasteiger partial charge in [0.2, 0.25) is 17.8 Å². The molecule has 1 aromatic carbocycles. The third-order valence-corrected chi connectivity index (χ3v) is 3.11. The molecule has 0 fully saturated rings. The van der Waals surface area contributed by atoms with E-state index in [-0.39, 0.29) is 0 Å². The van der Waals surface area contributed by atoms with Crippen LogP contribution < -0.4 is 25.5 Å². The highest BCUT2D eigenvalue weighted by Crippen LogP contribution is 2.23. The molecule has 0 unspecified atom stereocenters. The van der Waals surface area contributed by atoms with Gasteiger partial charge in [-0.05, 0) is 26.0 Å². The SMILES string of the molecule is CCNc1nc(NCC)nc(N/N=C\c2ccc(OC)cc2OC)n1. The van der Waals surface area contributed by atoms with E-state index >= 15 is 0 Å². The van der Waals surface area contributed by atoms with Crippen LogP contribution in [-0.2, 0) is 0 Å². The van der Waals surface area contributed by atoms with Crippen LogP contribution in [0.25, 0.3) is 0 Å². The Morgan fingerprint density at radius 3 is 2.16 bits per heavy atom. The maximum Gasteiger partial charge on any atom is 0.250 e. The summed E-state index contributed by atoms with van der Waals surface area (Å²) < 4.78 is 10.5. The summed E-state index contributed by atoms with van der Waals surface area (Å²) in [5.41, 5.74) is 3.61. The van der Waals surface area contributed by atoms with Gasteiger partial charge in [-0.25, -0.2) is 5.43 Å². The Hall–Kier alpha value is -3.10. The van der Waals surface area contributed by atoms with Gasteiger partial charge in [0.25, 0.3) is 0 Å². The molecule has 0 spiro atoms. The van der Waals surface area contributed by atoms with Crippen molar-refractivity contribution in [3.8, 4) is 11.5 Å². The first kappa shape index (κ1) is 18.2. The molecule has 134 valence electrons. The van der Waals surface area contributed by atoms with Gasteiger partial charge in [0.05, 0.1) is 20.4 Å². The van der Waals surface area contributed by atoms with Gasteiger partial charge < -0.3 is 20.1 Å². The summed E-state index contributed by atoms with van der Waals surface area (Å²) in [5, 5.41) is 10.3. The Morgan fingerprint density at radius 1 is 0.960 bits per heavy atom. The van der Waals surface area contributed by atoms with Crippen LogP contribution in [0.5, 0.6) is 11.5 Å². The Labute approximate surface area is 146 Å². The number of hydrazone groups is 1. The summed E-state index contributed by atoms with van der Waals surface area (Å²) in [5.74, 6) is 2.67. The van der Waals surface area contributed by atoms with Crippen molar-refractivity contribution in [1.82, 2.24) is 15.0 Å². The van der Waals surface area contributed by atoms with E-state index in [4.69, 9.17) is 9.47 Å². The number of rotatable bonds is 9. The molecule has 0 radical (unpaired) electrons. The minimum absolute atomic E-state index is 0.339. The molecule has 0 atom stereocenters. The summed E-state index contributed by atoms with van der Waals surface area (Å²) in [6, 6.07) is 5.47. The Bertz CT molecular complexity index is 697. The van der Waals surface area contributed by atoms with Gasteiger partial charge in [-0.1, -0.05) is 0 Å². The van der Waals surface area contributed by atoms with Gasteiger partial charge in [0.1, 0.15) is 11.5 Å². The number of benzene rings is 1. The first-order valence-electron chi connectivity index (χ1n) is 7.95. The summed E-state index contributed by atoms with van der Waals surface area (Å²) in [6.07, 6.45) is 1.63. The first-order chi connectivity index (χ1) is 12.2. The van der Waals surface area contributed by atoms with Gasteiger partial charge in [-0.15, -0.1) is 0 Å². The molecule has 0 aliphatic carbocycles. The summed E-state index contributed by atoms with van der Waals surface area (Å²) in [6.45, 7) is 5.36. The van der Waals surface area contributed by atoms with E-state index in [1.807, 2.05) is 26.0 Å². The monoisotopic (exact) mass is 345 g/mol. The lowest BCUT2D eigenvalue weighted by atomic mass is 10.2. The van der Waals surface area contributed by atoms with Gasteiger partial charge in [0.15, 0.2) is 0 Å². The predicted octanol–water partition coefficient (Wildman–Crippen LogP) is 2.20. The molecular weight excluding hydrogens is 322 g/mol. The molecule has 0 amide bonds. The van der Waals surface area contributed by atoms with Crippen LogP contribution >= 0.6 is 0 Å². The van der Waals surface area contributed by atoms with Gasteiger partial charge >= 0.3 is 0 Å². The molecule has 9 heteroatoms. The van der Waals surface area contributed by atoms with E-state index in [2.05, 4.69) is 36.1 Å². The molecule has 9 nitrogen and oxygen atoms in total. The molecule has 2 rings (SSSR count). The second-order valence-electron chi connectivity index (χ2n) is 4.84. The second-order valence-corrected chi connectivity index (χ2v) is 4.84. The van der Waals surface area contributed by atoms with Crippen molar-refractivity contribution in [3.05, 3.63) is 23.8 Å². The zero-order valence-corrected chi connectivity index (χ0v) is 14.8. The zero-order valence-electron chi connectivity index (χ0n) is 14.8. The van der Waals surface area contributed by atoms with Gasteiger partial charge in [-0.3, -0.25) is 0 Å². The lowest BCUT2D eigenvalue weighted by molar-refractivity contribution is 0.394. The average molecular weight is 345 g/mol. The van der Waals surface area contributed by atoms with Crippen molar-refractivity contribution >= 4 is 24.1 Å². The van der Waals surface area contributed by atoms with E-state index < -0.39 is 0 Å². The maximum absolute atomic E-state index is 5.33. The van der Waals surface area contributed by atoms with Crippen LogP contribution in [0.1, 0.15) is 19.4 Å². The fourth-order valence-electron chi connectivity index (χ4n) is 1.98.